The number of fused-ring (bicyclic) bond motifs is 1. The molecular weight excluding hydrogens is 376 g/mol. The SMILES string of the molecule is COc1cc2occc2c(OC)c1C1=NN(c2ccccc2)[C@H](c2ccccc2)C1. The molecule has 2 heterocycles. The highest BCUT2D eigenvalue weighted by Gasteiger charge is 2.33. The topological polar surface area (TPSA) is 47.2 Å². The van der Waals surface area contributed by atoms with Gasteiger partial charge < -0.3 is 13.9 Å². The molecule has 0 radical (unpaired) electrons. The van der Waals surface area contributed by atoms with Crippen LogP contribution in [0.2, 0.25) is 0 Å². The van der Waals surface area contributed by atoms with Crippen LogP contribution in [0.1, 0.15) is 23.6 Å². The first-order valence-corrected chi connectivity index (χ1v) is 9.89. The monoisotopic (exact) mass is 398 g/mol. The van der Waals surface area contributed by atoms with Gasteiger partial charge in [-0.15, -0.1) is 0 Å². The minimum absolute atomic E-state index is 0.0815. The van der Waals surface area contributed by atoms with Gasteiger partial charge in [0.15, 0.2) is 0 Å². The van der Waals surface area contributed by atoms with Gasteiger partial charge in [-0.3, -0.25) is 5.01 Å². The van der Waals surface area contributed by atoms with Crippen molar-refractivity contribution in [3.05, 3.63) is 90.2 Å². The van der Waals surface area contributed by atoms with Gasteiger partial charge in [0, 0.05) is 12.5 Å². The van der Waals surface area contributed by atoms with Gasteiger partial charge in [0.2, 0.25) is 0 Å². The summed E-state index contributed by atoms with van der Waals surface area (Å²) in [6, 6.07) is 24.6. The van der Waals surface area contributed by atoms with Crippen molar-refractivity contribution in [3.63, 3.8) is 0 Å². The van der Waals surface area contributed by atoms with Crippen LogP contribution >= 0.6 is 0 Å². The maximum atomic E-state index is 5.81. The fourth-order valence-electron chi connectivity index (χ4n) is 4.12. The number of nitrogens with zero attached hydrogens (tertiary/aromatic N) is 2. The van der Waals surface area contributed by atoms with Gasteiger partial charge in [0.1, 0.15) is 17.1 Å². The summed E-state index contributed by atoms with van der Waals surface area (Å²) < 4.78 is 17.1. The molecule has 30 heavy (non-hydrogen) atoms. The van der Waals surface area contributed by atoms with Crippen LogP contribution in [0.25, 0.3) is 11.0 Å². The molecule has 0 spiro atoms. The first kappa shape index (κ1) is 18.3. The van der Waals surface area contributed by atoms with Gasteiger partial charge in [-0.05, 0) is 23.8 Å². The van der Waals surface area contributed by atoms with Crippen LogP contribution < -0.4 is 14.5 Å². The number of para-hydroxylation sites is 1. The van der Waals surface area contributed by atoms with Crippen molar-refractivity contribution in [2.24, 2.45) is 5.10 Å². The van der Waals surface area contributed by atoms with Gasteiger partial charge in [0.05, 0.1) is 48.9 Å². The molecule has 0 saturated carbocycles. The van der Waals surface area contributed by atoms with E-state index in [0.717, 1.165) is 40.1 Å². The Kier molecular flexibility index (Phi) is 4.64. The summed E-state index contributed by atoms with van der Waals surface area (Å²) in [7, 11) is 3.33. The van der Waals surface area contributed by atoms with Crippen LogP contribution in [0, 0.1) is 0 Å². The molecule has 1 aliphatic heterocycles. The third-order valence-electron chi connectivity index (χ3n) is 5.50. The van der Waals surface area contributed by atoms with E-state index in [0.29, 0.717) is 5.75 Å². The number of ether oxygens (including phenoxy) is 2. The molecule has 150 valence electrons. The average molecular weight is 398 g/mol. The number of hydrazone groups is 1. The lowest BCUT2D eigenvalue weighted by atomic mass is 9.96. The summed E-state index contributed by atoms with van der Waals surface area (Å²) in [6.07, 6.45) is 2.39. The average Bonchev–Trinajstić information content (AvgIpc) is 3.46. The van der Waals surface area contributed by atoms with Gasteiger partial charge in [0.25, 0.3) is 0 Å². The highest BCUT2D eigenvalue weighted by atomic mass is 16.5. The first-order chi connectivity index (χ1) is 14.8. The second-order valence-electron chi connectivity index (χ2n) is 7.18. The number of methoxy groups -OCH3 is 2. The highest BCUT2D eigenvalue weighted by Crippen LogP contribution is 2.43. The Morgan fingerprint density at radius 2 is 1.67 bits per heavy atom. The van der Waals surface area contributed by atoms with E-state index in [4.69, 9.17) is 19.0 Å². The van der Waals surface area contributed by atoms with Crippen molar-refractivity contribution in [3.8, 4) is 11.5 Å². The number of anilines is 1. The van der Waals surface area contributed by atoms with Crippen molar-refractivity contribution >= 4 is 22.4 Å². The maximum absolute atomic E-state index is 5.81. The fourth-order valence-corrected chi connectivity index (χ4v) is 4.12. The van der Waals surface area contributed by atoms with Gasteiger partial charge in [-0.2, -0.15) is 5.10 Å². The van der Waals surface area contributed by atoms with Crippen LogP contribution in [-0.2, 0) is 0 Å². The standard InChI is InChI=1S/C25H22N2O3/c1-28-23-16-22-19(13-14-30-22)25(29-2)24(23)20-15-21(17-9-5-3-6-10-17)27(26-20)18-11-7-4-8-12-18/h3-14,16,21H,15H2,1-2H3/t21-/m0/s1. The molecular formula is C25H22N2O3. The van der Waals surface area contributed by atoms with E-state index >= 15 is 0 Å². The second kappa shape index (κ2) is 7.59. The van der Waals surface area contributed by atoms with E-state index in [1.807, 2.05) is 36.4 Å². The Morgan fingerprint density at radius 3 is 2.37 bits per heavy atom. The summed E-state index contributed by atoms with van der Waals surface area (Å²) in [5, 5.41) is 8.05. The molecule has 5 rings (SSSR count). The summed E-state index contributed by atoms with van der Waals surface area (Å²) in [5.74, 6) is 1.41. The zero-order chi connectivity index (χ0) is 20.5. The predicted molar refractivity (Wildman–Crippen MR) is 119 cm³/mol. The number of furan rings is 1. The van der Waals surface area contributed by atoms with E-state index in [-0.39, 0.29) is 6.04 Å². The van der Waals surface area contributed by atoms with E-state index in [1.165, 1.54) is 5.56 Å². The Bertz CT molecular complexity index is 1200. The van der Waals surface area contributed by atoms with E-state index in [2.05, 4.69) is 41.4 Å². The molecule has 0 bridgehead atoms. The first-order valence-electron chi connectivity index (χ1n) is 9.89. The quantitative estimate of drug-likeness (QED) is 0.426. The summed E-state index contributed by atoms with van der Waals surface area (Å²) in [6.45, 7) is 0. The van der Waals surface area contributed by atoms with Crippen molar-refractivity contribution in [2.75, 3.05) is 19.2 Å². The molecule has 0 fully saturated rings. The van der Waals surface area contributed by atoms with Gasteiger partial charge in [-0.25, -0.2) is 0 Å². The molecule has 0 saturated heterocycles. The van der Waals surface area contributed by atoms with Gasteiger partial charge >= 0.3 is 0 Å². The minimum Gasteiger partial charge on any atom is -0.496 e. The van der Waals surface area contributed by atoms with Crippen molar-refractivity contribution in [1.29, 1.82) is 0 Å². The molecule has 4 aromatic rings. The van der Waals surface area contributed by atoms with Crippen LogP contribution in [0.5, 0.6) is 11.5 Å². The molecule has 0 N–H and O–H groups in total. The predicted octanol–water partition coefficient (Wildman–Crippen LogP) is 5.81. The Morgan fingerprint density at radius 1 is 0.933 bits per heavy atom. The van der Waals surface area contributed by atoms with Crippen molar-refractivity contribution in [1.82, 2.24) is 0 Å². The highest BCUT2D eigenvalue weighted by molar-refractivity contribution is 6.11. The Labute approximate surface area is 175 Å². The molecule has 5 nitrogen and oxygen atoms in total. The molecule has 3 aromatic carbocycles. The lowest BCUT2D eigenvalue weighted by Gasteiger charge is -2.23. The van der Waals surface area contributed by atoms with E-state index < -0.39 is 0 Å². The maximum Gasteiger partial charge on any atom is 0.142 e. The number of benzene rings is 3. The molecule has 5 heteroatoms. The fraction of sp³-hybridized carbons (Fsp3) is 0.160. The van der Waals surface area contributed by atoms with Crippen LogP contribution in [0.3, 0.4) is 0 Å². The number of rotatable bonds is 5. The third-order valence-corrected chi connectivity index (χ3v) is 5.50. The van der Waals surface area contributed by atoms with Crippen molar-refractivity contribution in [2.45, 2.75) is 12.5 Å². The van der Waals surface area contributed by atoms with Crippen molar-refractivity contribution < 1.29 is 13.9 Å². The molecule has 0 unspecified atom stereocenters. The second-order valence-corrected chi connectivity index (χ2v) is 7.18. The largest absolute Gasteiger partial charge is 0.496 e. The van der Waals surface area contributed by atoms with E-state index in [1.54, 1.807) is 20.5 Å². The smallest absolute Gasteiger partial charge is 0.142 e. The van der Waals surface area contributed by atoms with Crippen LogP contribution in [0.4, 0.5) is 5.69 Å². The lowest BCUT2D eigenvalue weighted by Crippen LogP contribution is -2.18. The molecule has 0 aliphatic carbocycles. The summed E-state index contributed by atoms with van der Waals surface area (Å²) >= 11 is 0. The molecule has 1 aromatic heterocycles. The zero-order valence-corrected chi connectivity index (χ0v) is 16.9. The molecule has 1 aliphatic rings. The van der Waals surface area contributed by atoms with Crippen LogP contribution in [0.15, 0.2) is 88.6 Å². The Balaban J connectivity index is 1.68. The zero-order valence-electron chi connectivity index (χ0n) is 16.9. The molecule has 0 amide bonds. The summed E-state index contributed by atoms with van der Waals surface area (Å²) in [5.41, 5.74) is 4.77. The molecule has 1 atom stereocenters. The third kappa shape index (κ3) is 2.99. The van der Waals surface area contributed by atoms with E-state index in [9.17, 15) is 0 Å². The summed E-state index contributed by atoms with van der Waals surface area (Å²) in [4.78, 5) is 0. The lowest BCUT2D eigenvalue weighted by molar-refractivity contribution is 0.395. The minimum atomic E-state index is 0.0815. The number of hydrogen-bond donors (Lipinski definition) is 0. The normalized spacial score (nSPS) is 16.0. The Hall–Kier alpha value is -3.73. The van der Waals surface area contributed by atoms with Gasteiger partial charge in [-0.1, -0.05) is 48.5 Å². The number of hydrogen-bond acceptors (Lipinski definition) is 5. The van der Waals surface area contributed by atoms with Crippen LogP contribution in [-0.4, -0.2) is 19.9 Å².